The maximum atomic E-state index is 13.5. The predicted octanol–water partition coefficient (Wildman–Crippen LogP) is 2.04. The number of benzene rings is 1. The van der Waals surface area contributed by atoms with Gasteiger partial charge < -0.3 is 10.0 Å². The first-order valence-electron chi connectivity index (χ1n) is 5.97. The second-order valence-electron chi connectivity index (χ2n) is 4.52. The maximum absolute atomic E-state index is 13.5. The molecule has 0 bridgehead atoms. The first-order chi connectivity index (χ1) is 8.99. The van der Waals surface area contributed by atoms with Crippen LogP contribution in [-0.4, -0.2) is 34.5 Å². The van der Waals surface area contributed by atoms with E-state index in [1.165, 1.54) is 4.90 Å². The molecule has 1 aliphatic rings. The average molecular weight is 269 g/mol. The lowest BCUT2D eigenvalue weighted by Crippen LogP contribution is -2.37. The lowest BCUT2D eigenvalue weighted by atomic mass is 10.1. The molecule has 4 nitrogen and oxygen atoms in total. The number of carboxylic acids is 1. The van der Waals surface area contributed by atoms with Crippen LogP contribution in [0.5, 0.6) is 0 Å². The van der Waals surface area contributed by atoms with Crippen molar-refractivity contribution >= 4 is 11.9 Å². The van der Waals surface area contributed by atoms with E-state index < -0.39 is 29.6 Å². The van der Waals surface area contributed by atoms with Crippen LogP contribution < -0.4 is 0 Å². The molecule has 1 saturated heterocycles. The summed E-state index contributed by atoms with van der Waals surface area (Å²) in [6.45, 7) is 0.368. The standard InChI is InChI=1S/C13H13F2NO3/c14-8-3-4-11(15)10(6-8)13(19)16-5-1-2-9(16)7-12(17)18/h3-4,6,9H,1-2,5,7H2,(H,17,18). The van der Waals surface area contributed by atoms with E-state index in [4.69, 9.17) is 5.11 Å². The number of halogens is 2. The van der Waals surface area contributed by atoms with E-state index >= 15 is 0 Å². The Morgan fingerprint density at radius 3 is 2.79 bits per heavy atom. The molecule has 2 rings (SSSR count). The van der Waals surface area contributed by atoms with Crippen molar-refractivity contribution in [3.05, 3.63) is 35.4 Å². The summed E-state index contributed by atoms with van der Waals surface area (Å²) >= 11 is 0. The first-order valence-corrected chi connectivity index (χ1v) is 5.97. The molecule has 0 aliphatic carbocycles. The van der Waals surface area contributed by atoms with Crippen molar-refractivity contribution in [2.75, 3.05) is 6.54 Å². The van der Waals surface area contributed by atoms with Gasteiger partial charge >= 0.3 is 5.97 Å². The molecular formula is C13H13F2NO3. The van der Waals surface area contributed by atoms with Gasteiger partial charge in [-0.25, -0.2) is 8.78 Å². The summed E-state index contributed by atoms with van der Waals surface area (Å²) in [4.78, 5) is 24.2. The van der Waals surface area contributed by atoms with Crippen LogP contribution in [0.2, 0.25) is 0 Å². The van der Waals surface area contributed by atoms with Gasteiger partial charge in [-0.2, -0.15) is 0 Å². The molecule has 0 aromatic heterocycles. The van der Waals surface area contributed by atoms with Gasteiger partial charge in [0.2, 0.25) is 0 Å². The lowest BCUT2D eigenvalue weighted by molar-refractivity contribution is -0.137. The number of hydrogen-bond acceptors (Lipinski definition) is 2. The van der Waals surface area contributed by atoms with Crippen LogP contribution in [0.3, 0.4) is 0 Å². The maximum Gasteiger partial charge on any atom is 0.305 e. The summed E-state index contributed by atoms with van der Waals surface area (Å²) in [5, 5.41) is 8.77. The van der Waals surface area contributed by atoms with Gasteiger partial charge in [0.25, 0.3) is 5.91 Å². The second kappa shape index (κ2) is 5.34. The van der Waals surface area contributed by atoms with E-state index in [0.29, 0.717) is 19.4 Å². The highest BCUT2D eigenvalue weighted by Gasteiger charge is 2.32. The van der Waals surface area contributed by atoms with Gasteiger partial charge in [0, 0.05) is 12.6 Å². The van der Waals surface area contributed by atoms with Crippen molar-refractivity contribution < 1.29 is 23.5 Å². The summed E-state index contributed by atoms with van der Waals surface area (Å²) in [7, 11) is 0. The first kappa shape index (κ1) is 13.5. The molecule has 1 heterocycles. The van der Waals surface area contributed by atoms with Gasteiger partial charge in [-0.05, 0) is 31.0 Å². The van der Waals surface area contributed by atoms with Gasteiger partial charge in [-0.3, -0.25) is 9.59 Å². The molecule has 102 valence electrons. The van der Waals surface area contributed by atoms with Gasteiger partial charge in [0.15, 0.2) is 0 Å². The molecule has 1 fully saturated rings. The van der Waals surface area contributed by atoms with Crippen molar-refractivity contribution in [3.63, 3.8) is 0 Å². The predicted molar refractivity (Wildman–Crippen MR) is 62.7 cm³/mol. The molecule has 1 aromatic carbocycles. The van der Waals surface area contributed by atoms with Crippen molar-refractivity contribution in [1.82, 2.24) is 4.90 Å². The smallest absolute Gasteiger partial charge is 0.305 e. The van der Waals surface area contributed by atoms with E-state index in [9.17, 15) is 18.4 Å². The highest BCUT2D eigenvalue weighted by molar-refractivity contribution is 5.95. The molecule has 1 aromatic rings. The summed E-state index contributed by atoms with van der Waals surface area (Å²) in [5.74, 6) is -3.16. The molecule has 1 atom stereocenters. The summed E-state index contributed by atoms with van der Waals surface area (Å²) < 4.78 is 26.6. The molecule has 0 spiro atoms. The zero-order valence-corrected chi connectivity index (χ0v) is 10.1. The quantitative estimate of drug-likeness (QED) is 0.913. The Morgan fingerprint density at radius 2 is 2.11 bits per heavy atom. The normalized spacial score (nSPS) is 18.6. The highest BCUT2D eigenvalue weighted by atomic mass is 19.1. The zero-order valence-electron chi connectivity index (χ0n) is 10.1. The number of carboxylic acid groups (broad SMARTS) is 1. The minimum Gasteiger partial charge on any atom is -0.481 e. The number of amides is 1. The number of carbonyl (C=O) groups excluding carboxylic acids is 1. The number of hydrogen-bond donors (Lipinski definition) is 1. The van der Waals surface area contributed by atoms with E-state index in [2.05, 4.69) is 0 Å². The fourth-order valence-electron chi connectivity index (χ4n) is 2.33. The van der Waals surface area contributed by atoms with Crippen LogP contribution in [0.1, 0.15) is 29.6 Å². The van der Waals surface area contributed by atoms with Crippen molar-refractivity contribution in [2.45, 2.75) is 25.3 Å². The minimum absolute atomic E-state index is 0.178. The average Bonchev–Trinajstić information content (AvgIpc) is 2.78. The van der Waals surface area contributed by atoms with E-state index in [1.807, 2.05) is 0 Å². The Morgan fingerprint density at radius 1 is 1.37 bits per heavy atom. The van der Waals surface area contributed by atoms with Crippen molar-refractivity contribution in [2.24, 2.45) is 0 Å². The number of carbonyl (C=O) groups is 2. The monoisotopic (exact) mass is 269 g/mol. The number of rotatable bonds is 3. The van der Waals surface area contributed by atoms with Gasteiger partial charge in [-0.15, -0.1) is 0 Å². The zero-order chi connectivity index (χ0) is 14.0. The summed E-state index contributed by atoms with van der Waals surface area (Å²) in [5.41, 5.74) is -0.350. The largest absolute Gasteiger partial charge is 0.481 e. The van der Waals surface area contributed by atoms with Crippen LogP contribution in [0.4, 0.5) is 8.78 Å². The highest BCUT2D eigenvalue weighted by Crippen LogP contribution is 2.23. The number of aliphatic carboxylic acids is 1. The second-order valence-corrected chi connectivity index (χ2v) is 4.52. The third kappa shape index (κ3) is 2.89. The van der Waals surface area contributed by atoms with Crippen molar-refractivity contribution in [1.29, 1.82) is 0 Å². The van der Waals surface area contributed by atoms with Crippen LogP contribution in [-0.2, 0) is 4.79 Å². The Kier molecular flexibility index (Phi) is 3.78. The van der Waals surface area contributed by atoms with Crippen LogP contribution in [0.15, 0.2) is 18.2 Å². The van der Waals surface area contributed by atoms with Gasteiger partial charge in [0.05, 0.1) is 12.0 Å². The Hall–Kier alpha value is -1.98. The molecule has 19 heavy (non-hydrogen) atoms. The Labute approximate surface area is 108 Å². The SMILES string of the molecule is O=C(O)CC1CCCN1C(=O)c1cc(F)ccc1F. The Bertz CT molecular complexity index is 519. The fourth-order valence-corrected chi connectivity index (χ4v) is 2.33. The summed E-state index contributed by atoms with van der Waals surface area (Å²) in [6, 6.07) is 2.22. The molecule has 1 unspecified atom stereocenters. The third-order valence-electron chi connectivity index (χ3n) is 3.21. The van der Waals surface area contributed by atoms with E-state index in [1.54, 1.807) is 0 Å². The molecule has 0 radical (unpaired) electrons. The molecule has 1 N–H and O–H groups in total. The topological polar surface area (TPSA) is 57.6 Å². The van der Waals surface area contributed by atoms with Crippen LogP contribution in [0.25, 0.3) is 0 Å². The molecule has 6 heteroatoms. The number of likely N-dealkylation sites (tertiary alicyclic amines) is 1. The van der Waals surface area contributed by atoms with E-state index in [-0.39, 0.29) is 12.0 Å². The van der Waals surface area contributed by atoms with Crippen LogP contribution >= 0.6 is 0 Å². The molecule has 0 saturated carbocycles. The molecular weight excluding hydrogens is 256 g/mol. The van der Waals surface area contributed by atoms with Gasteiger partial charge in [-0.1, -0.05) is 0 Å². The molecule has 1 aliphatic heterocycles. The lowest BCUT2D eigenvalue weighted by Gasteiger charge is -2.23. The summed E-state index contributed by atoms with van der Waals surface area (Å²) in [6.07, 6.45) is 1.05. The third-order valence-corrected chi connectivity index (χ3v) is 3.21. The van der Waals surface area contributed by atoms with Gasteiger partial charge in [0.1, 0.15) is 11.6 Å². The molecule has 1 amide bonds. The van der Waals surface area contributed by atoms with Crippen LogP contribution in [0, 0.1) is 11.6 Å². The number of nitrogens with zero attached hydrogens (tertiary/aromatic N) is 1. The Balaban J connectivity index is 2.23. The fraction of sp³-hybridized carbons (Fsp3) is 0.385. The van der Waals surface area contributed by atoms with Crippen molar-refractivity contribution in [3.8, 4) is 0 Å². The minimum atomic E-state index is -1.01. The van der Waals surface area contributed by atoms with E-state index in [0.717, 1.165) is 18.2 Å².